The van der Waals surface area contributed by atoms with Crippen LogP contribution in [0.5, 0.6) is 5.75 Å². The van der Waals surface area contributed by atoms with Gasteiger partial charge in [-0.3, -0.25) is 0 Å². The van der Waals surface area contributed by atoms with Crippen molar-refractivity contribution < 1.29 is 17.9 Å². The molecule has 0 aliphatic carbocycles. The Morgan fingerprint density at radius 1 is 0.889 bits per heavy atom. The summed E-state index contributed by atoms with van der Waals surface area (Å²) in [5.74, 6) is -0.252. The molecule has 0 amide bonds. The van der Waals surface area contributed by atoms with Crippen molar-refractivity contribution in [1.82, 2.24) is 0 Å². The van der Waals surface area contributed by atoms with Crippen molar-refractivity contribution in [2.45, 2.75) is 6.36 Å². The van der Waals surface area contributed by atoms with E-state index in [0.717, 1.165) is 11.1 Å². The molecule has 0 unspecified atom stereocenters. The van der Waals surface area contributed by atoms with E-state index in [-0.39, 0.29) is 5.75 Å². The number of alkyl halides is 3. The maximum atomic E-state index is 12.0. The molecule has 94 valence electrons. The first-order chi connectivity index (χ1) is 8.46. The number of rotatable bonds is 2. The van der Waals surface area contributed by atoms with E-state index in [0.29, 0.717) is 5.02 Å². The summed E-state index contributed by atoms with van der Waals surface area (Å²) in [5.41, 5.74) is 1.49. The minimum Gasteiger partial charge on any atom is -0.406 e. The quantitative estimate of drug-likeness (QED) is 0.755. The van der Waals surface area contributed by atoms with Gasteiger partial charge < -0.3 is 4.74 Å². The lowest BCUT2D eigenvalue weighted by Gasteiger charge is -2.09. The fraction of sp³-hybridized carbons (Fsp3) is 0.0769. The molecule has 0 heterocycles. The third kappa shape index (κ3) is 3.17. The van der Waals surface area contributed by atoms with Crippen molar-refractivity contribution in [2.75, 3.05) is 0 Å². The second-order valence-corrected chi connectivity index (χ2v) is 3.96. The predicted octanol–water partition coefficient (Wildman–Crippen LogP) is 4.91. The largest absolute Gasteiger partial charge is 0.573 e. The molecule has 0 aliphatic rings. The molecular weight excluding hydrogens is 265 g/mol. The molecule has 5 heteroatoms. The highest BCUT2D eigenvalue weighted by Gasteiger charge is 2.30. The molecule has 2 rings (SSSR count). The van der Waals surface area contributed by atoms with Gasteiger partial charge in [0.15, 0.2) is 0 Å². The monoisotopic (exact) mass is 272 g/mol. The fourth-order valence-electron chi connectivity index (χ4n) is 1.53. The molecule has 1 nitrogen and oxygen atoms in total. The highest BCUT2D eigenvalue weighted by molar-refractivity contribution is 6.33. The number of halogens is 4. The SMILES string of the molecule is FC(F)(F)Oc1ccc(-c2ccccc2Cl)cc1. The molecule has 0 radical (unpaired) electrons. The molecule has 0 saturated carbocycles. The zero-order valence-electron chi connectivity index (χ0n) is 9.04. The molecule has 0 fully saturated rings. The average Bonchev–Trinajstić information content (AvgIpc) is 2.29. The van der Waals surface area contributed by atoms with Crippen molar-refractivity contribution in [1.29, 1.82) is 0 Å². The fourth-order valence-corrected chi connectivity index (χ4v) is 1.78. The van der Waals surface area contributed by atoms with Gasteiger partial charge in [-0.25, -0.2) is 0 Å². The molecule has 0 N–H and O–H groups in total. The van der Waals surface area contributed by atoms with Gasteiger partial charge in [0.25, 0.3) is 0 Å². The summed E-state index contributed by atoms with van der Waals surface area (Å²) < 4.78 is 39.7. The van der Waals surface area contributed by atoms with E-state index in [9.17, 15) is 13.2 Å². The summed E-state index contributed by atoms with van der Waals surface area (Å²) in [4.78, 5) is 0. The van der Waals surface area contributed by atoms with E-state index in [2.05, 4.69) is 4.74 Å². The zero-order chi connectivity index (χ0) is 13.2. The van der Waals surface area contributed by atoms with Crippen molar-refractivity contribution >= 4 is 11.6 Å². The van der Waals surface area contributed by atoms with Crippen LogP contribution in [0.4, 0.5) is 13.2 Å². The van der Waals surface area contributed by atoms with Gasteiger partial charge in [0.2, 0.25) is 0 Å². The van der Waals surface area contributed by atoms with Gasteiger partial charge in [-0.05, 0) is 23.8 Å². The van der Waals surface area contributed by atoms with E-state index in [1.54, 1.807) is 24.3 Å². The van der Waals surface area contributed by atoms with Gasteiger partial charge in [0, 0.05) is 10.6 Å². The van der Waals surface area contributed by atoms with Crippen LogP contribution in [0.2, 0.25) is 5.02 Å². The Bertz CT molecular complexity index is 535. The van der Waals surface area contributed by atoms with Gasteiger partial charge in [-0.1, -0.05) is 41.9 Å². The second-order valence-electron chi connectivity index (χ2n) is 3.55. The summed E-state index contributed by atoms with van der Waals surface area (Å²) in [6.45, 7) is 0. The van der Waals surface area contributed by atoms with Gasteiger partial charge in [0.05, 0.1) is 0 Å². The lowest BCUT2D eigenvalue weighted by atomic mass is 10.1. The third-order valence-corrected chi connectivity index (χ3v) is 2.60. The molecule has 18 heavy (non-hydrogen) atoms. The minimum absolute atomic E-state index is 0.252. The molecule has 0 saturated heterocycles. The topological polar surface area (TPSA) is 9.23 Å². The van der Waals surface area contributed by atoms with Crippen LogP contribution < -0.4 is 4.74 Å². The average molecular weight is 273 g/mol. The van der Waals surface area contributed by atoms with Gasteiger partial charge >= 0.3 is 6.36 Å². The molecular formula is C13H8ClF3O. The van der Waals surface area contributed by atoms with E-state index >= 15 is 0 Å². The summed E-state index contributed by atoms with van der Waals surface area (Å²) >= 11 is 5.99. The third-order valence-electron chi connectivity index (χ3n) is 2.27. The van der Waals surface area contributed by atoms with Gasteiger partial charge in [-0.15, -0.1) is 13.2 Å². The van der Waals surface area contributed by atoms with Crippen molar-refractivity contribution in [3.63, 3.8) is 0 Å². The standard InChI is InChI=1S/C13H8ClF3O/c14-12-4-2-1-3-11(12)9-5-7-10(8-6-9)18-13(15,16)17/h1-8H. The normalized spacial score (nSPS) is 11.3. The van der Waals surface area contributed by atoms with E-state index < -0.39 is 6.36 Å². The molecule has 2 aromatic carbocycles. The Labute approximate surface area is 107 Å². The van der Waals surface area contributed by atoms with Crippen molar-refractivity contribution in [2.24, 2.45) is 0 Å². The summed E-state index contributed by atoms with van der Waals surface area (Å²) in [5, 5.41) is 0.544. The van der Waals surface area contributed by atoms with E-state index in [1.807, 2.05) is 0 Å². The first-order valence-electron chi connectivity index (χ1n) is 5.06. The summed E-state index contributed by atoms with van der Waals surface area (Å²) in [6, 6.07) is 12.7. The zero-order valence-corrected chi connectivity index (χ0v) is 9.79. The number of hydrogen-bond donors (Lipinski definition) is 0. The van der Waals surface area contributed by atoms with Crippen LogP contribution in [0.3, 0.4) is 0 Å². The van der Waals surface area contributed by atoms with Crippen LogP contribution in [0.25, 0.3) is 11.1 Å². The second kappa shape index (κ2) is 4.90. The van der Waals surface area contributed by atoms with Crippen LogP contribution >= 0.6 is 11.6 Å². The van der Waals surface area contributed by atoms with Gasteiger partial charge in [0.1, 0.15) is 5.75 Å². The Morgan fingerprint density at radius 3 is 2.06 bits per heavy atom. The molecule has 2 aromatic rings. The van der Waals surface area contributed by atoms with Crippen LogP contribution in [0.1, 0.15) is 0 Å². The molecule has 0 aliphatic heterocycles. The number of ether oxygens (including phenoxy) is 1. The maximum absolute atomic E-state index is 12.0. The van der Waals surface area contributed by atoms with Crippen LogP contribution in [-0.4, -0.2) is 6.36 Å². The van der Waals surface area contributed by atoms with E-state index in [1.165, 1.54) is 24.3 Å². The van der Waals surface area contributed by atoms with E-state index in [4.69, 9.17) is 11.6 Å². The lowest BCUT2D eigenvalue weighted by molar-refractivity contribution is -0.274. The highest BCUT2D eigenvalue weighted by atomic mass is 35.5. The Morgan fingerprint density at radius 2 is 1.50 bits per heavy atom. The predicted molar refractivity (Wildman–Crippen MR) is 63.6 cm³/mol. The molecule has 0 aromatic heterocycles. The Kier molecular flexibility index (Phi) is 3.48. The first-order valence-corrected chi connectivity index (χ1v) is 5.44. The van der Waals surface area contributed by atoms with Crippen molar-refractivity contribution in [3.8, 4) is 16.9 Å². The Balaban J connectivity index is 2.26. The van der Waals surface area contributed by atoms with Crippen LogP contribution in [0.15, 0.2) is 48.5 Å². The molecule has 0 atom stereocenters. The summed E-state index contributed by atoms with van der Waals surface area (Å²) in [6.07, 6.45) is -4.67. The Hall–Kier alpha value is -1.68. The van der Waals surface area contributed by atoms with Gasteiger partial charge in [-0.2, -0.15) is 0 Å². The number of benzene rings is 2. The molecule has 0 bridgehead atoms. The molecule has 0 spiro atoms. The maximum Gasteiger partial charge on any atom is 0.573 e. The van der Waals surface area contributed by atoms with Crippen molar-refractivity contribution in [3.05, 3.63) is 53.6 Å². The first kappa shape index (κ1) is 12.8. The lowest BCUT2D eigenvalue weighted by Crippen LogP contribution is -2.16. The smallest absolute Gasteiger partial charge is 0.406 e. The number of hydrogen-bond acceptors (Lipinski definition) is 1. The van der Waals surface area contributed by atoms with Crippen LogP contribution in [-0.2, 0) is 0 Å². The van der Waals surface area contributed by atoms with Crippen LogP contribution in [0, 0.1) is 0 Å². The summed E-state index contributed by atoms with van der Waals surface area (Å²) in [7, 11) is 0. The minimum atomic E-state index is -4.67. The highest BCUT2D eigenvalue weighted by Crippen LogP contribution is 2.30.